The minimum Gasteiger partial charge on any atom is -0.355 e. The summed E-state index contributed by atoms with van der Waals surface area (Å²) in [5.74, 6) is 0.716. The quantitative estimate of drug-likeness (QED) is 0.805. The second-order valence-corrected chi connectivity index (χ2v) is 6.79. The lowest BCUT2D eigenvalue weighted by atomic mass is 9.74. The van der Waals surface area contributed by atoms with Crippen LogP contribution in [0.4, 0.5) is 0 Å². The van der Waals surface area contributed by atoms with E-state index in [-0.39, 0.29) is 5.91 Å². The average molecular weight is 267 g/mol. The number of carbonyl (C=O) groups excluding carboxylic acids is 1. The zero-order chi connectivity index (χ0) is 13.7. The van der Waals surface area contributed by atoms with Crippen molar-refractivity contribution in [3.63, 3.8) is 0 Å². The monoisotopic (exact) mass is 267 g/mol. The van der Waals surface area contributed by atoms with Crippen LogP contribution in [0.1, 0.15) is 39.5 Å². The number of nitrogens with zero attached hydrogens (tertiary/aromatic N) is 1. The van der Waals surface area contributed by atoms with Crippen LogP contribution < -0.4 is 10.6 Å². The van der Waals surface area contributed by atoms with Crippen molar-refractivity contribution in [2.24, 2.45) is 11.3 Å². The summed E-state index contributed by atoms with van der Waals surface area (Å²) in [6.45, 7) is 10.1. The molecule has 2 aliphatic rings. The number of hydrogen-bond donors (Lipinski definition) is 2. The number of piperidine rings is 2. The third-order valence-electron chi connectivity index (χ3n) is 4.38. The molecule has 0 aromatic carbocycles. The highest BCUT2D eigenvalue weighted by molar-refractivity contribution is 5.78. The van der Waals surface area contributed by atoms with E-state index in [1.807, 2.05) is 0 Å². The molecule has 0 radical (unpaired) electrons. The van der Waals surface area contributed by atoms with E-state index in [0.717, 1.165) is 32.7 Å². The van der Waals surface area contributed by atoms with E-state index in [9.17, 15) is 4.79 Å². The van der Waals surface area contributed by atoms with Crippen molar-refractivity contribution in [3.05, 3.63) is 0 Å². The first-order valence-electron chi connectivity index (χ1n) is 7.79. The lowest BCUT2D eigenvalue weighted by Gasteiger charge is -2.45. The third kappa shape index (κ3) is 4.46. The second-order valence-electron chi connectivity index (χ2n) is 6.79. The summed E-state index contributed by atoms with van der Waals surface area (Å²) in [6.07, 6.45) is 5.17. The largest absolute Gasteiger partial charge is 0.355 e. The van der Waals surface area contributed by atoms with Crippen molar-refractivity contribution in [1.82, 2.24) is 15.5 Å². The van der Waals surface area contributed by atoms with Gasteiger partial charge in [0.15, 0.2) is 0 Å². The number of nitrogens with one attached hydrogen (secondary N) is 2. The maximum Gasteiger partial charge on any atom is 0.234 e. The van der Waals surface area contributed by atoms with Crippen molar-refractivity contribution < 1.29 is 4.79 Å². The molecule has 1 spiro atoms. The smallest absolute Gasteiger partial charge is 0.234 e. The molecule has 4 heteroatoms. The molecule has 2 fully saturated rings. The summed E-state index contributed by atoms with van der Waals surface area (Å²) in [6, 6.07) is 0. The topological polar surface area (TPSA) is 44.4 Å². The molecule has 2 aliphatic heterocycles. The van der Waals surface area contributed by atoms with Crippen LogP contribution in [0.3, 0.4) is 0 Å². The van der Waals surface area contributed by atoms with Gasteiger partial charge in [-0.3, -0.25) is 9.69 Å². The van der Waals surface area contributed by atoms with Gasteiger partial charge in [-0.05, 0) is 50.1 Å². The van der Waals surface area contributed by atoms with Gasteiger partial charge in [-0.15, -0.1) is 0 Å². The van der Waals surface area contributed by atoms with Crippen LogP contribution >= 0.6 is 0 Å². The lowest BCUT2D eigenvalue weighted by molar-refractivity contribution is -0.123. The predicted octanol–water partition coefficient (Wildman–Crippen LogP) is 1.22. The first-order valence-corrected chi connectivity index (χ1v) is 7.79. The number of amides is 1. The average Bonchev–Trinajstić information content (AvgIpc) is 2.37. The van der Waals surface area contributed by atoms with E-state index >= 15 is 0 Å². The van der Waals surface area contributed by atoms with Crippen molar-refractivity contribution in [2.75, 3.05) is 39.3 Å². The van der Waals surface area contributed by atoms with Gasteiger partial charge >= 0.3 is 0 Å². The Bertz CT molecular complexity index is 292. The zero-order valence-corrected chi connectivity index (χ0v) is 12.5. The summed E-state index contributed by atoms with van der Waals surface area (Å²) < 4.78 is 0. The predicted molar refractivity (Wildman–Crippen MR) is 78.1 cm³/mol. The molecule has 110 valence electrons. The highest BCUT2D eigenvalue weighted by Crippen LogP contribution is 2.35. The summed E-state index contributed by atoms with van der Waals surface area (Å²) in [5.41, 5.74) is 0.439. The van der Waals surface area contributed by atoms with Gasteiger partial charge in [-0.1, -0.05) is 13.8 Å². The Morgan fingerprint density at radius 1 is 1.37 bits per heavy atom. The van der Waals surface area contributed by atoms with Crippen LogP contribution in [0, 0.1) is 11.3 Å². The molecule has 0 saturated carbocycles. The Balaban J connectivity index is 1.79. The molecule has 2 rings (SSSR count). The highest BCUT2D eigenvalue weighted by atomic mass is 16.2. The van der Waals surface area contributed by atoms with Crippen molar-refractivity contribution in [3.8, 4) is 0 Å². The summed E-state index contributed by atoms with van der Waals surface area (Å²) in [5, 5.41) is 6.56. The van der Waals surface area contributed by atoms with Crippen LogP contribution in [0.2, 0.25) is 0 Å². The number of likely N-dealkylation sites (tertiary alicyclic amines) is 1. The Labute approximate surface area is 117 Å². The summed E-state index contributed by atoms with van der Waals surface area (Å²) in [4.78, 5) is 14.3. The molecule has 0 aromatic heterocycles. The molecule has 19 heavy (non-hydrogen) atoms. The van der Waals surface area contributed by atoms with Gasteiger partial charge in [0.25, 0.3) is 0 Å². The van der Waals surface area contributed by atoms with Gasteiger partial charge in [0.1, 0.15) is 0 Å². The molecule has 0 bridgehead atoms. The molecule has 1 unspecified atom stereocenters. The molecule has 2 heterocycles. The van der Waals surface area contributed by atoms with E-state index in [1.165, 1.54) is 25.7 Å². The maximum absolute atomic E-state index is 11.9. The number of carbonyl (C=O) groups is 1. The highest BCUT2D eigenvalue weighted by Gasteiger charge is 2.36. The van der Waals surface area contributed by atoms with E-state index in [2.05, 4.69) is 29.4 Å². The first kappa shape index (κ1) is 14.8. The SMILES string of the molecule is CC(C)CNC(=O)CN1CCCC2(CCCNC2)C1. The third-order valence-corrected chi connectivity index (χ3v) is 4.38. The second kappa shape index (κ2) is 6.71. The van der Waals surface area contributed by atoms with Crippen LogP contribution in [0.25, 0.3) is 0 Å². The van der Waals surface area contributed by atoms with Crippen molar-refractivity contribution >= 4 is 5.91 Å². The van der Waals surface area contributed by atoms with Crippen LogP contribution in [0.15, 0.2) is 0 Å². The fraction of sp³-hybridized carbons (Fsp3) is 0.933. The van der Waals surface area contributed by atoms with Crippen LogP contribution in [-0.4, -0.2) is 50.1 Å². The zero-order valence-electron chi connectivity index (χ0n) is 12.5. The summed E-state index contributed by atoms with van der Waals surface area (Å²) >= 11 is 0. The Morgan fingerprint density at radius 2 is 2.16 bits per heavy atom. The molecule has 2 saturated heterocycles. The lowest BCUT2D eigenvalue weighted by Crippen LogP contribution is -2.53. The summed E-state index contributed by atoms with van der Waals surface area (Å²) in [7, 11) is 0. The van der Waals surface area contributed by atoms with Crippen molar-refractivity contribution in [1.29, 1.82) is 0 Å². The molecular formula is C15H29N3O. The van der Waals surface area contributed by atoms with Crippen LogP contribution in [0.5, 0.6) is 0 Å². The van der Waals surface area contributed by atoms with E-state index < -0.39 is 0 Å². The molecule has 0 aromatic rings. The Hall–Kier alpha value is -0.610. The normalized spacial score (nSPS) is 28.8. The molecular weight excluding hydrogens is 238 g/mol. The molecule has 0 aliphatic carbocycles. The van der Waals surface area contributed by atoms with Crippen molar-refractivity contribution in [2.45, 2.75) is 39.5 Å². The van der Waals surface area contributed by atoms with Gasteiger partial charge in [-0.2, -0.15) is 0 Å². The van der Waals surface area contributed by atoms with E-state index in [4.69, 9.17) is 0 Å². The molecule has 1 amide bonds. The van der Waals surface area contributed by atoms with Gasteiger partial charge < -0.3 is 10.6 Å². The van der Waals surface area contributed by atoms with Gasteiger partial charge in [0.05, 0.1) is 6.54 Å². The first-order chi connectivity index (χ1) is 9.10. The van der Waals surface area contributed by atoms with Gasteiger partial charge in [0, 0.05) is 19.6 Å². The van der Waals surface area contributed by atoms with Gasteiger partial charge in [0.2, 0.25) is 5.91 Å². The van der Waals surface area contributed by atoms with Gasteiger partial charge in [-0.25, -0.2) is 0 Å². The fourth-order valence-corrected chi connectivity index (χ4v) is 3.40. The maximum atomic E-state index is 11.9. The number of hydrogen-bond acceptors (Lipinski definition) is 3. The Kier molecular flexibility index (Phi) is 5.22. The Morgan fingerprint density at radius 3 is 2.84 bits per heavy atom. The molecule has 4 nitrogen and oxygen atoms in total. The number of rotatable bonds is 4. The minimum atomic E-state index is 0.189. The van der Waals surface area contributed by atoms with E-state index in [0.29, 0.717) is 17.9 Å². The van der Waals surface area contributed by atoms with E-state index in [1.54, 1.807) is 0 Å². The standard InChI is InChI=1S/C15H29N3O/c1-13(2)9-17-14(19)10-18-8-4-6-15(12-18)5-3-7-16-11-15/h13,16H,3-12H2,1-2H3,(H,17,19). The van der Waals surface area contributed by atoms with Crippen LogP contribution in [-0.2, 0) is 4.79 Å². The molecule has 2 N–H and O–H groups in total. The minimum absolute atomic E-state index is 0.189. The fourth-order valence-electron chi connectivity index (χ4n) is 3.40. The molecule has 1 atom stereocenters.